The van der Waals surface area contributed by atoms with Crippen LogP contribution in [-0.4, -0.2) is 163 Å². The van der Waals surface area contributed by atoms with Crippen molar-refractivity contribution >= 4 is 77.0 Å². The number of aromatic hydroxyl groups is 1. The summed E-state index contributed by atoms with van der Waals surface area (Å²) in [7, 11) is 0. The molecule has 0 aliphatic carbocycles. The second-order valence-electron chi connectivity index (χ2n) is 21.4. The zero-order valence-electron chi connectivity index (χ0n) is 49.9. The van der Waals surface area contributed by atoms with E-state index in [1.165, 1.54) is 12.1 Å². The molecule has 0 heterocycles. The van der Waals surface area contributed by atoms with E-state index in [0.717, 1.165) is 0 Å². The summed E-state index contributed by atoms with van der Waals surface area (Å²) in [5, 5.41) is 31.2. The SMILES string of the molecule is CC[C@@H](C)[C@@H](NC(=O)[C@@H](CCCN=C(N)N)NC(=O)[C@@H](CC(C)C)NC(=O)[C@@H](Cc1ccc(O)cc1)NC(=O)[C@@H](CC(C)C)NC(=O)[C@H](N)CCCN=C(N)N)C(=O)NCC(=O)N[C@H](CCCN=C(N)N)C(=O)N[C@H](CCCN=C(N)N)C(N)=O. The maximum Gasteiger partial charge on any atom is 0.243 e. The number of nitrogens with one attached hydrogen (secondary N) is 8. The molecular formula is C53H96N22O10. The van der Waals surface area contributed by atoms with E-state index in [1.54, 1.807) is 39.8 Å². The fourth-order valence-electron chi connectivity index (χ4n) is 8.31. The van der Waals surface area contributed by atoms with Crippen LogP contribution in [0, 0.1) is 17.8 Å². The monoisotopic (exact) mass is 1200 g/mol. The predicted octanol–water partition coefficient (Wildman–Crippen LogP) is -5.39. The van der Waals surface area contributed by atoms with E-state index < -0.39 is 114 Å². The normalized spacial score (nSPS) is 14.1. The van der Waals surface area contributed by atoms with Crippen LogP contribution in [0.15, 0.2) is 44.2 Å². The fraction of sp³-hybridized carbons (Fsp3) is 0.642. The standard InChI is InChI=1S/C53H96N22O10/c1-7-30(6)41(49(85)68-27-40(77)69-35(14-10-22-66-52(60)61)44(80)70-34(42(55)78)13-9-21-65-51(58)59)75-45(81)36(15-11-23-67-53(62)63)71-46(82)38(25-29(4)5)73-48(84)39(26-31-16-18-32(76)19-17-31)74-47(83)37(24-28(2)3)72-43(79)33(54)12-8-20-64-50(56)57/h16-19,28-30,33-39,41,76H,7-15,20-27,54H2,1-6H3,(H2,55,78)(H,68,85)(H,69,77)(H,70,80)(H,71,82)(H,72,79)(H,73,84)(H,74,83)(H,75,81)(H4,56,57,64)(H4,58,59,65)(H4,60,61,66)(H4,62,63,67)/t30-,33-,34-,35-,36-,37-,38-,39-,41-/m1/s1. The van der Waals surface area contributed by atoms with E-state index in [4.69, 9.17) is 57.3 Å². The molecule has 29 N–H and O–H groups in total. The second-order valence-corrected chi connectivity index (χ2v) is 21.4. The van der Waals surface area contributed by atoms with Crippen LogP contribution in [0.25, 0.3) is 0 Å². The molecule has 32 nitrogen and oxygen atoms in total. The van der Waals surface area contributed by atoms with Gasteiger partial charge in [-0.25, -0.2) is 0 Å². The van der Waals surface area contributed by atoms with Crippen LogP contribution in [0.5, 0.6) is 5.75 Å². The molecule has 85 heavy (non-hydrogen) atoms. The summed E-state index contributed by atoms with van der Waals surface area (Å²) in [6.07, 6.45) is 1.60. The van der Waals surface area contributed by atoms with Crippen molar-refractivity contribution in [3.8, 4) is 5.75 Å². The minimum atomic E-state index is -1.37. The van der Waals surface area contributed by atoms with Crippen LogP contribution in [0.4, 0.5) is 0 Å². The Balaban J connectivity index is 3.53. The van der Waals surface area contributed by atoms with Gasteiger partial charge >= 0.3 is 0 Å². The smallest absolute Gasteiger partial charge is 0.243 e. The lowest BCUT2D eigenvalue weighted by Gasteiger charge is -2.29. The minimum absolute atomic E-state index is 0.0102. The fourth-order valence-corrected chi connectivity index (χ4v) is 8.31. The van der Waals surface area contributed by atoms with Crippen LogP contribution in [0.2, 0.25) is 0 Å². The largest absolute Gasteiger partial charge is 0.508 e. The molecule has 0 fully saturated rings. The number of guanidine groups is 4. The number of benzene rings is 1. The lowest BCUT2D eigenvalue weighted by molar-refractivity contribution is -0.136. The van der Waals surface area contributed by atoms with Crippen molar-refractivity contribution in [2.24, 2.45) is 95.1 Å². The first-order valence-electron chi connectivity index (χ1n) is 28.4. The van der Waals surface area contributed by atoms with E-state index >= 15 is 0 Å². The number of rotatable bonds is 41. The summed E-state index contributed by atoms with van der Waals surface area (Å²) in [5.74, 6) is -8.66. The number of carbonyl (C=O) groups excluding carboxylic acids is 9. The van der Waals surface area contributed by atoms with Gasteiger partial charge in [-0.15, -0.1) is 0 Å². The Morgan fingerprint density at radius 3 is 1.26 bits per heavy atom. The molecule has 478 valence electrons. The molecule has 9 amide bonds. The maximum absolute atomic E-state index is 14.5. The Morgan fingerprint density at radius 1 is 0.459 bits per heavy atom. The highest BCUT2D eigenvalue weighted by atomic mass is 16.3. The summed E-state index contributed by atoms with van der Waals surface area (Å²) >= 11 is 0. The quantitative estimate of drug-likeness (QED) is 0.0165. The first-order chi connectivity index (χ1) is 39.9. The topological polar surface area (TPSA) is 580 Å². The molecule has 0 aliphatic heterocycles. The molecule has 0 saturated heterocycles. The molecule has 1 aromatic rings. The lowest BCUT2D eigenvalue weighted by Crippen LogP contribution is -2.60. The molecule has 0 radical (unpaired) electrons. The van der Waals surface area contributed by atoms with Crippen molar-refractivity contribution in [3.05, 3.63) is 29.8 Å². The van der Waals surface area contributed by atoms with Crippen LogP contribution in [0.1, 0.15) is 118 Å². The van der Waals surface area contributed by atoms with E-state index in [0.29, 0.717) is 18.4 Å². The Kier molecular flexibility index (Phi) is 34.7. The predicted molar refractivity (Wildman–Crippen MR) is 324 cm³/mol. The second kappa shape index (κ2) is 39.7. The minimum Gasteiger partial charge on any atom is -0.508 e. The number of primary amides is 1. The zero-order chi connectivity index (χ0) is 64.3. The van der Waals surface area contributed by atoms with Crippen molar-refractivity contribution in [1.82, 2.24) is 42.5 Å². The lowest BCUT2D eigenvalue weighted by atomic mass is 9.97. The number of hydrogen-bond donors (Lipinski definition) is 19. The highest BCUT2D eigenvalue weighted by Gasteiger charge is 2.35. The molecule has 32 heteroatoms. The van der Waals surface area contributed by atoms with Gasteiger partial charge in [0.1, 0.15) is 48.0 Å². The van der Waals surface area contributed by atoms with E-state index in [1.807, 2.05) is 13.8 Å². The molecule has 1 rings (SSSR count). The Bertz CT molecular complexity index is 2440. The third kappa shape index (κ3) is 32.1. The van der Waals surface area contributed by atoms with Gasteiger partial charge in [0.05, 0.1) is 12.6 Å². The van der Waals surface area contributed by atoms with E-state index in [2.05, 4.69) is 62.5 Å². The number of hydrogen-bond acceptors (Lipinski definition) is 15. The molecule has 9 atom stereocenters. The van der Waals surface area contributed by atoms with E-state index in [9.17, 15) is 48.3 Å². The summed E-state index contributed by atoms with van der Waals surface area (Å²) in [5.41, 5.74) is 55.8. The van der Waals surface area contributed by atoms with Crippen molar-refractivity contribution < 1.29 is 48.3 Å². The van der Waals surface area contributed by atoms with Gasteiger partial charge in [0, 0.05) is 32.6 Å². The summed E-state index contributed by atoms with van der Waals surface area (Å²) < 4.78 is 0. The number of nitrogens with zero attached hydrogens (tertiary/aromatic N) is 4. The van der Waals surface area contributed by atoms with Gasteiger partial charge in [0.15, 0.2) is 23.8 Å². The van der Waals surface area contributed by atoms with Gasteiger partial charge in [-0.1, -0.05) is 60.1 Å². The van der Waals surface area contributed by atoms with Crippen molar-refractivity contribution in [1.29, 1.82) is 0 Å². The van der Waals surface area contributed by atoms with Gasteiger partial charge in [-0.2, -0.15) is 0 Å². The number of phenolic OH excluding ortho intramolecular Hbond substituents is 1. The van der Waals surface area contributed by atoms with Gasteiger partial charge < -0.3 is 105 Å². The Hall–Kier alpha value is -8.71. The van der Waals surface area contributed by atoms with Crippen LogP contribution >= 0.6 is 0 Å². The third-order valence-electron chi connectivity index (χ3n) is 13.0. The molecule has 0 bridgehead atoms. The first kappa shape index (κ1) is 74.3. The average Bonchev–Trinajstić information content (AvgIpc) is 3.62. The maximum atomic E-state index is 14.5. The van der Waals surface area contributed by atoms with Crippen LogP contribution in [0.3, 0.4) is 0 Å². The molecular weight excluding hydrogens is 1100 g/mol. The van der Waals surface area contributed by atoms with Gasteiger partial charge in [-0.05, 0) is 99.7 Å². The molecule has 0 aliphatic rings. The number of amides is 9. The molecule has 1 aromatic carbocycles. The first-order valence-corrected chi connectivity index (χ1v) is 28.4. The van der Waals surface area contributed by atoms with Crippen molar-refractivity contribution in [3.63, 3.8) is 0 Å². The third-order valence-corrected chi connectivity index (χ3v) is 13.0. The molecule has 0 aromatic heterocycles. The summed E-state index contributed by atoms with van der Waals surface area (Å²) in [6, 6.07) is -4.02. The molecule has 0 saturated carbocycles. The van der Waals surface area contributed by atoms with Crippen LogP contribution in [-0.2, 0) is 49.6 Å². The number of aliphatic imine (C=N–C) groups is 4. The molecule has 0 spiro atoms. The zero-order valence-corrected chi connectivity index (χ0v) is 49.9. The highest BCUT2D eigenvalue weighted by Crippen LogP contribution is 2.16. The number of nitrogens with two attached hydrogens (primary N) is 10. The number of carbonyl (C=O) groups is 9. The summed E-state index contributed by atoms with van der Waals surface area (Å²) in [4.78, 5) is 140. The Labute approximate surface area is 496 Å². The highest BCUT2D eigenvalue weighted by molar-refractivity contribution is 5.98. The van der Waals surface area contributed by atoms with Crippen molar-refractivity contribution in [2.75, 3.05) is 32.7 Å². The summed E-state index contributed by atoms with van der Waals surface area (Å²) in [6.45, 7) is 10.5. The average molecular weight is 1200 g/mol. The van der Waals surface area contributed by atoms with Gasteiger partial charge in [-0.3, -0.25) is 63.1 Å². The Morgan fingerprint density at radius 2 is 0.824 bits per heavy atom. The van der Waals surface area contributed by atoms with E-state index in [-0.39, 0.29) is 132 Å². The van der Waals surface area contributed by atoms with Gasteiger partial charge in [0.2, 0.25) is 53.2 Å². The van der Waals surface area contributed by atoms with Gasteiger partial charge in [0.25, 0.3) is 0 Å². The molecule has 0 unspecified atom stereocenters. The van der Waals surface area contributed by atoms with Crippen molar-refractivity contribution in [2.45, 2.75) is 167 Å². The van der Waals surface area contributed by atoms with Crippen LogP contribution < -0.4 is 99.9 Å². The number of phenols is 1.